The summed E-state index contributed by atoms with van der Waals surface area (Å²) >= 11 is 0. The molecule has 19 heavy (non-hydrogen) atoms. The molecule has 0 saturated heterocycles. The smallest absolute Gasteiger partial charge is 0.00954 e. The van der Waals surface area contributed by atoms with Gasteiger partial charge in [0.15, 0.2) is 0 Å². The van der Waals surface area contributed by atoms with E-state index < -0.39 is 0 Å². The molecule has 3 unspecified atom stereocenters. The SMILES string of the molecule is CC(C)CC1(CNC2CCCC(C)C2C)CCCC1. The zero-order chi connectivity index (χ0) is 13.9. The molecule has 0 aliphatic heterocycles. The molecule has 2 fully saturated rings. The summed E-state index contributed by atoms with van der Waals surface area (Å²) in [5, 5.41) is 3.99. The molecule has 0 aromatic rings. The quantitative estimate of drug-likeness (QED) is 0.737. The summed E-state index contributed by atoms with van der Waals surface area (Å²) < 4.78 is 0. The van der Waals surface area contributed by atoms with Crippen molar-refractivity contribution in [3.8, 4) is 0 Å². The fourth-order valence-corrected chi connectivity index (χ4v) is 4.66. The van der Waals surface area contributed by atoms with Crippen LogP contribution in [-0.4, -0.2) is 12.6 Å². The van der Waals surface area contributed by atoms with Crippen molar-refractivity contribution in [1.29, 1.82) is 0 Å². The van der Waals surface area contributed by atoms with Crippen LogP contribution in [0.1, 0.15) is 79.1 Å². The minimum atomic E-state index is 0.634. The summed E-state index contributed by atoms with van der Waals surface area (Å²) in [4.78, 5) is 0. The standard InChI is InChI=1S/C18H35N/c1-14(2)12-18(10-5-6-11-18)13-19-17-9-7-8-15(3)16(17)4/h14-17,19H,5-13H2,1-4H3. The molecule has 0 aromatic heterocycles. The Morgan fingerprint density at radius 3 is 2.37 bits per heavy atom. The lowest BCUT2D eigenvalue weighted by Crippen LogP contribution is -2.45. The number of hydrogen-bond acceptors (Lipinski definition) is 1. The molecule has 0 bridgehead atoms. The molecule has 3 atom stereocenters. The first kappa shape index (κ1) is 15.4. The highest BCUT2D eigenvalue weighted by Crippen LogP contribution is 2.43. The molecule has 2 saturated carbocycles. The maximum atomic E-state index is 3.99. The lowest BCUT2D eigenvalue weighted by molar-refractivity contribution is 0.163. The average Bonchev–Trinajstić information content (AvgIpc) is 2.79. The highest BCUT2D eigenvalue weighted by atomic mass is 14.9. The zero-order valence-electron chi connectivity index (χ0n) is 13.7. The van der Waals surface area contributed by atoms with Crippen LogP contribution in [-0.2, 0) is 0 Å². The normalized spacial score (nSPS) is 34.9. The molecular formula is C18H35N. The van der Waals surface area contributed by atoms with E-state index in [9.17, 15) is 0 Å². The molecule has 0 spiro atoms. The van der Waals surface area contributed by atoms with Crippen molar-refractivity contribution in [1.82, 2.24) is 5.32 Å². The van der Waals surface area contributed by atoms with E-state index in [0.29, 0.717) is 5.41 Å². The maximum Gasteiger partial charge on any atom is 0.00954 e. The van der Waals surface area contributed by atoms with E-state index in [2.05, 4.69) is 33.0 Å². The highest BCUT2D eigenvalue weighted by Gasteiger charge is 2.36. The predicted molar refractivity (Wildman–Crippen MR) is 84.3 cm³/mol. The van der Waals surface area contributed by atoms with Crippen LogP contribution in [0, 0.1) is 23.2 Å². The van der Waals surface area contributed by atoms with Crippen LogP contribution in [0.5, 0.6) is 0 Å². The Hall–Kier alpha value is -0.0400. The van der Waals surface area contributed by atoms with Crippen LogP contribution < -0.4 is 5.32 Å². The van der Waals surface area contributed by atoms with E-state index >= 15 is 0 Å². The van der Waals surface area contributed by atoms with Crippen molar-refractivity contribution in [3.05, 3.63) is 0 Å². The first-order valence-electron chi connectivity index (χ1n) is 8.76. The van der Waals surface area contributed by atoms with Gasteiger partial charge in [-0.1, -0.05) is 53.4 Å². The number of hydrogen-bond donors (Lipinski definition) is 1. The largest absolute Gasteiger partial charge is 0.313 e. The van der Waals surface area contributed by atoms with Gasteiger partial charge in [-0.2, -0.15) is 0 Å². The number of rotatable bonds is 5. The number of nitrogens with one attached hydrogen (secondary N) is 1. The second-order valence-electron chi connectivity index (χ2n) is 8.06. The molecule has 0 aromatic carbocycles. The van der Waals surface area contributed by atoms with Gasteiger partial charge in [0.2, 0.25) is 0 Å². The van der Waals surface area contributed by atoms with Gasteiger partial charge in [0.1, 0.15) is 0 Å². The molecule has 1 nitrogen and oxygen atoms in total. The van der Waals surface area contributed by atoms with Crippen LogP contribution in [0.2, 0.25) is 0 Å². The summed E-state index contributed by atoms with van der Waals surface area (Å²) in [6, 6.07) is 0.786. The molecule has 1 N–H and O–H groups in total. The summed E-state index contributed by atoms with van der Waals surface area (Å²) in [6.07, 6.45) is 11.6. The highest BCUT2D eigenvalue weighted by molar-refractivity contribution is 4.90. The third kappa shape index (κ3) is 3.97. The van der Waals surface area contributed by atoms with Gasteiger partial charge < -0.3 is 5.32 Å². The van der Waals surface area contributed by atoms with Crippen molar-refractivity contribution in [2.45, 2.75) is 85.1 Å². The van der Waals surface area contributed by atoms with Gasteiger partial charge in [-0.3, -0.25) is 0 Å². The average molecular weight is 265 g/mol. The maximum absolute atomic E-state index is 3.99. The van der Waals surface area contributed by atoms with Crippen LogP contribution in [0.4, 0.5) is 0 Å². The Kier molecular flexibility index (Phi) is 5.34. The van der Waals surface area contributed by atoms with Gasteiger partial charge in [0, 0.05) is 12.6 Å². The third-order valence-corrected chi connectivity index (χ3v) is 5.95. The van der Waals surface area contributed by atoms with Crippen LogP contribution in [0.3, 0.4) is 0 Å². The van der Waals surface area contributed by atoms with Crippen LogP contribution >= 0.6 is 0 Å². The van der Waals surface area contributed by atoms with Crippen molar-refractivity contribution >= 4 is 0 Å². The summed E-state index contributed by atoms with van der Waals surface area (Å²) in [7, 11) is 0. The van der Waals surface area contributed by atoms with Gasteiger partial charge in [-0.15, -0.1) is 0 Å². The molecule has 0 heterocycles. The summed E-state index contributed by atoms with van der Waals surface area (Å²) in [5.74, 6) is 2.63. The second-order valence-corrected chi connectivity index (χ2v) is 8.06. The lowest BCUT2D eigenvalue weighted by atomic mass is 9.75. The first-order chi connectivity index (χ1) is 9.02. The van der Waals surface area contributed by atoms with Crippen molar-refractivity contribution in [3.63, 3.8) is 0 Å². The molecule has 0 amide bonds. The van der Waals surface area contributed by atoms with Crippen molar-refractivity contribution in [2.24, 2.45) is 23.2 Å². The Morgan fingerprint density at radius 1 is 1.05 bits per heavy atom. The van der Waals surface area contributed by atoms with E-state index in [0.717, 1.165) is 23.8 Å². The molecule has 0 radical (unpaired) electrons. The topological polar surface area (TPSA) is 12.0 Å². The molecule has 2 rings (SSSR count). The van der Waals surface area contributed by atoms with E-state index in [-0.39, 0.29) is 0 Å². The van der Waals surface area contributed by atoms with Crippen LogP contribution in [0.15, 0.2) is 0 Å². The molecule has 112 valence electrons. The van der Waals surface area contributed by atoms with E-state index in [1.165, 1.54) is 57.9 Å². The lowest BCUT2D eigenvalue weighted by Gasteiger charge is -2.39. The molecule has 2 aliphatic carbocycles. The Balaban J connectivity index is 1.88. The Bertz CT molecular complexity index is 265. The molecule has 2 aliphatic rings. The summed E-state index contributed by atoms with van der Waals surface area (Å²) in [5.41, 5.74) is 0.634. The minimum absolute atomic E-state index is 0.634. The summed E-state index contributed by atoms with van der Waals surface area (Å²) in [6.45, 7) is 11.0. The van der Waals surface area contributed by atoms with E-state index in [1.54, 1.807) is 0 Å². The zero-order valence-corrected chi connectivity index (χ0v) is 13.7. The van der Waals surface area contributed by atoms with E-state index in [4.69, 9.17) is 0 Å². The van der Waals surface area contributed by atoms with Gasteiger partial charge in [-0.25, -0.2) is 0 Å². The predicted octanol–water partition coefficient (Wildman–Crippen LogP) is 5.01. The van der Waals surface area contributed by atoms with Crippen molar-refractivity contribution < 1.29 is 0 Å². The Labute approximate surface area is 120 Å². The second kappa shape index (κ2) is 6.61. The van der Waals surface area contributed by atoms with Crippen LogP contribution in [0.25, 0.3) is 0 Å². The third-order valence-electron chi connectivity index (χ3n) is 5.95. The van der Waals surface area contributed by atoms with Gasteiger partial charge in [0.05, 0.1) is 0 Å². The van der Waals surface area contributed by atoms with E-state index in [1.807, 2.05) is 0 Å². The van der Waals surface area contributed by atoms with Gasteiger partial charge in [0.25, 0.3) is 0 Å². The van der Waals surface area contributed by atoms with Gasteiger partial charge >= 0.3 is 0 Å². The molecular weight excluding hydrogens is 230 g/mol. The fourth-order valence-electron chi connectivity index (χ4n) is 4.66. The first-order valence-corrected chi connectivity index (χ1v) is 8.76. The molecule has 1 heteroatoms. The Morgan fingerprint density at radius 2 is 1.74 bits per heavy atom. The van der Waals surface area contributed by atoms with Crippen molar-refractivity contribution in [2.75, 3.05) is 6.54 Å². The fraction of sp³-hybridized carbons (Fsp3) is 1.00. The monoisotopic (exact) mass is 265 g/mol. The van der Waals surface area contributed by atoms with Gasteiger partial charge in [-0.05, 0) is 48.9 Å². The minimum Gasteiger partial charge on any atom is -0.313 e.